The number of nitrogens with one attached hydrogen (secondary N) is 1. The second-order valence-corrected chi connectivity index (χ2v) is 9.25. The minimum atomic E-state index is -0.839. The average Bonchev–Trinajstić information content (AvgIpc) is 2.59. The molecule has 0 spiro atoms. The first-order valence-electron chi connectivity index (χ1n) is 8.50. The Bertz CT molecular complexity index is 617. The molecule has 0 radical (unpaired) electrons. The first kappa shape index (κ1) is 18.7. The van der Waals surface area contributed by atoms with Crippen LogP contribution in [0.4, 0.5) is 0 Å². The minimum absolute atomic E-state index is 0.163. The molecule has 0 fully saturated rings. The predicted molar refractivity (Wildman–Crippen MR) is 105 cm³/mol. The van der Waals surface area contributed by atoms with Gasteiger partial charge in [0.05, 0.1) is 0 Å². The Labute approximate surface area is 148 Å². The molecular formula is C19H29N3OS. The highest BCUT2D eigenvalue weighted by atomic mass is 32.2. The van der Waals surface area contributed by atoms with Crippen molar-refractivity contribution < 1.29 is 4.21 Å². The molecular weight excluding hydrogens is 318 g/mol. The Morgan fingerprint density at radius 1 is 1.29 bits per heavy atom. The molecule has 132 valence electrons. The maximum atomic E-state index is 12.1. The number of hydrogen-bond donors (Lipinski definition) is 1. The summed E-state index contributed by atoms with van der Waals surface area (Å²) in [5.41, 5.74) is 2.71. The van der Waals surface area contributed by atoms with Crippen LogP contribution in [0.1, 0.15) is 32.8 Å². The third-order valence-corrected chi connectivity index (χ3v) is 6.06. The molecule has 0 aliphatic carbocycles. The van der Waals surface area contributed by atoms with Crippen LogP contribution in [0.15, 0.2) is 41.4 Å². The Morgan fingerprint density at radius 2 is 2.00 bits per heavy atom. The van der Waals surface area contributed by atoms with Crippen LogP contribution in [-0.2, 0) is 10.8 Å². The maximum Gasteiger partial charge on any atom is 0.193 e. The lowest BCUT2D eigenvalue weighted by atomic mass is 10.00. The van der Waals surface area contributed by atoms with E-state index in [2.05, 4.69) is 45.6 Å². The second kappa shape index (κ2) is 8.47. The normalized spacial score (nSPS) is 17.4. The molecule has 2 rings (SSSR count). The summed E-state index contributed by atoms with van der Waals surface area (Å²) in [4.78, 5) is 6.61. The summed E-state index contributed by atoms with van der Waals surface area (Å²) in [6, 6.07) is 10.5. The fourth-order valence-electron chi connectivity index (χ4n) is 2.67. The fourth-order valence-corrected chi connectivity index (χ4v) is 3.57. The Balaban J connectivity index is 1.87. The molecule has 0 aromatic heterocycles. The van der Waals surface area contributed by atoms with Crippen molar-refractivity contribution in [1.82, 2.24) is 10.2 Å². The Kier molecular flexibility index (Phi) is 6.60. The molecule has 1 heterocycles. The zero-order valence-electron chi connectivity index (χ0n) is 15.2. The molecule has 0 bridgehead atoms. The molecule has 5 heteroatoms. The fraction of sp³-hybridized carbons (Fsp3) is 0.526. The highest BCUT2D eigenvalue weighted by Gasteiger charge is 2.20. The lowest BCUT2D eigenvalue weighted by Crippen LogP contribution is -2.45. The molecule has 1 aliphatic rings. The van der Waals surface area contributed by atoms with E-state index in [-0.39, 0.29) is 4.75 Å². The standard InChI is InChI=1S/C19H29N3OS/c1-19(2,3)24(23)15-12-21-18(20-4)22-13-10-17(11-14-22)16-8-6-5-7-9-16/h5-10H,11-15H2,1-4H3,(H,20,21). The van der Waals surface area contributed by atoms with Gasteiger partial charge in [0.25, 0.3) is 0 Å². The summed E-state index contributed by atoms with van der Waals surface area (Å²) >= 11 is 0. The predicted octanol–water partition coefficient (Wildman–Crippen LogP) is 2.90. The zero-order valence-corrected chi connectivity index (χ0v) is 16.0. The van der Waals surface area contributed by atoms with Crippen LogP contribution >= 0.6 is 0 Å². The molecule has 1 N–H and O–H groups in total. The number of guanidine groups is 1. The van der Waals surface area contributed by atoms with Crippen LogP contribution in [0, 0.1) is 0 Å². The van der Waals surface area contributed by atoms with Gasteiger partial charge in [-0.1, -0.05) is 36.4 Å². The summed E-state index contributed by atoms with van der Waals surface area (Å²) in [7, 11) is 0.966. The SMILES string of the molecule is CN=C(NCCS(=O)C(C)(C)C)N1CC=C(c2ccccc2)CC1. The van der Waals surface area contributed by atoms with Gasteiger partial charge in [-0.05, 0) is 38.3 Å². The van der Waals surface area contributed by atoms with E-state index in [9.17, 15) is 4.21 Å². The molecule has 0 saturated heterocycles. The largest absolute Gasteiger partial charge is 0.355 e. The van der Waals surface area contributed by atoms with Gasteiger partial charge in [-0.25, -0.2) is 0 Å². The molecule has 1 atom stereocenters. The van der Waals surface area contributed by atoms with Crippen molar-refractivity contribution in [2.75, 3.05) is 32.4 Å². The monoisotopic (exact) mass is 347 g/mol. The third-order valence-electron chi connectivity index (χ3n) is 4.12. The van der Waals surface area contributed by atoms with E-state index in [1.54, 1.807) is 7.05 Å². The van der Waals surface area contributed by atoms with Crippen LogP contribution in [0.2, 0.25) is 0 Å². The van der Waals surface area contributed by atoms with E-state index >= 15 is 0 Å². The van der Waals surface area contributed by atoms with Crippen LogP contribution in [0.3, 0.4) is 0 Å². The van der Waals surface area contributed by atoms with Crippen LogP contribution in [0.5, 0.6) is 0 Å². The van der Waals surface area contributed by atoms with Gasteiger partial charge in [-0.15, -0.1) is 0 Å². The quantitative estimate of drug-likeness (QED) is 0.673. The molecule has 1 aromatic rings. The maximum absolute atomic E-state index is 12.1. The van der Waals surface area contributed by atoms with Gasteiger partial charge in [-0.2, -0.15) is 0 Å². The molecule has 4 nitrogen and oxygen atoms in total. The summed E-state index contributed by atoms with van der Waals surface area (Å²) < 4.78 is 12.0. The van der Waals surface area contributed by atoms with E-state index in [4.69, 9.17) is 0 Å². The Hall–Kier alpha value is -1.62. The van der Waals surface area contributed by atoms with Crippen molar-refractivity contribution >= 4 is 22.3 Å². The van der Waals surface area contributed by atoms with Gasteiger partial charge in [0.2, 0.25) is 0 Å². The summed E-state index contributed by atoms with van der Waals surface area (Å²) in [6.07, 6.45) is 3.29. The van der Waals surface area contributed by atoms with Gasteiger partial charge in [0, 0.05) is 48.0 Å². The van der Waals surface area contributed by atoms with Crippen LogP contribution in [-0.4, -0.2) is 52.3 Å². The lowest BCUT2D eigenvalue weighted by Gasteiger charge is -2.30. The smallest absolute Gasteiger partial charge is 0.193 e. The molecule has 0 amide bonds. The molecule has 1 aromatic carbocycles. The first-order valence-corrected chi connectivity index (χ1v) is 9.82. The summed E-state index contributed by atoms with van der Waals surface area (Å²) in [5.74, 6) is 1.53. The second-order valence-electron chi connectivity index (χ2n) is 6.93. The zero-order chi connectivity index (χ0) is 17.6. The Morgan fingerprint density at radius 3 is 2.54 bits per heavy atom. The number of benzene rings is 1. The van der Waals surface area contributed by atoms with E-state index in [1.165, 1.54) is 11.1 Å². The van der Waals surface area contributed by atoms with E-state index in [0.29, 0.717) is 12.3 Å². The average molecular weight is 348 g/mol. The van der Waals surface area contributed by atoms with Gasteiger partial charge >= 0.3 is 0 Å². The van der Waals surface area contributed by atoms with Gasteiger partial charge < -0.3 is 10.2 Å². The third kappa shape index (κ3) is 5.20. The van der Waals surface area contributed by atoms with Crippen molar-refractivity contribution in [2.45, 2.75) is 31.9 Å². The van der Waals surface area contributed by atoms with Crippen molar-refractivity contribution in [3.8, 4) is 0 Å². The van der Waals surface area contributed by atoms with Crippen molar-refractivity contribution in [3.63, 3.8) is 0 Å². The first-order chi connectivity index (χ1) is 11.4. The van der Waals surface area contributed by atoms with Crippen LogP contribution < -0.4 is 5.32 Å². The number of nitrogens with zero attached hydrogens (tertiary/aromatic N) is 2. The topological polar surface area (TPSA) is 44.7 Å². The molecule has 1 unspecified atom stereocenters. The molecule has 0 saturated carbocycles. The summed E-state index contributed by atoms with van der Waals surface area (Å²) in [6.45, 7) is 8.52. The van der Waals surface area contributed by atoms with Crippen molar-refractivity contribution in [3.05, 3.63) is 42.0 Å². The number of aliphatic imine (C=N–C) groups is 1. The van der Waals surface area contributed by atoms with E-state index < -0.39 is 10.8 Å². The highest BCUT2D eigenvalue weighted by Crippen LogP contribution is 2.21. The lowest BCUT2D eigenvalue weighted by molar-refractivity contribution is 0.441. The highest BCUT2D eigenvalue weighted by molar-refractivity contribution is 7.86. The van der Waals surface area contributed by atoms with Crippen LogP contribution in [0.25, 0.3) is 5.57 Å². The van der Waals surface area contributed by atoms with Gasteiger partial charge in [-0.3, -0.25) is 9.20 Å². The van der Waals surface area contributed by atoms with Crippen molar-refractivity contribution in [1.29, 1.82) is 0 Å². The minimum Gasteiger partial charge on any atom is -0.355 e. The number of hydrogen-bond acceptors (Lipinski definition) is 2. The van der Waals surface area contributed by atoms with Crippen molar-refractivity contribution in [2.24, 2.45) is 4.99 Å². The number of rotatable bonds is 4. The molecule has 1 aliphatic heterocycles. The van der Waals surface area contributed by atoms with Gasteiger partial charge in [0.15, 0.2) is 5.96 Å². The summed E-state index contributed by atoms with van der Waals surface area (Å²) in [5, 5.41) is 3.35. The van der Waals surface area contributed by atoms with E-state index in [1.807, 2.05) is 26.8 Å². The molecule has 24 heavy (non-hydrogen) atoms. The van der Waals surface area contributed by atoms with Gasteiger partial charge in [0.1, 0.15) is 0 Å². The van der Waals surface area contributed by atoms with E-state index in [0.717, 1.165) is 25.5 Å².